The second-order valence-electron chi connectivity index (χ2n) is 4.46. The molecule has 0 fully saturated rings. The smallest absolute Gasteiger partial charge is 0.257 e. The van der Waals surface area contributed by atoms with Gasteiger partial charge >= 0.3 is 0 Å². The molecule has 0 saturated carbocycles. The van der Waals surface area contributed by atoms with E-state index in [0.29, 0.717) is 17.9 Å². The lowest BCUT2D eigenvalue weighted by Gasteiger charge is -2.21. The van der Waals surface area contributed by atoms with E-state index in [9.17, 15) is 4.79 Å². The molecule has 1 unspecified atom stereocenters. The van der Waals surface area contributed by atoms with Crippen LogP contribution in [0.25, 0.3) is 0 Å². The molecule has 1 aromatic rings. The van der Waals surface area contributed by atoms with Crippen molar-refractivity contribution in [3.05, 3.63) is 28.2 Å². The van der Waals surface area contributed by atoms with Crippen LogP contribution in [0.1, 0.15) is 17.3 Å². The average Bonchev–Trinajstić information content (AvgIpc) is 2.45. The van der Waals surface area contributed by atoms with Gasteiger partial charge in [0.1, 0.15) is 11.6 Å². The lowest BCUT2D eigenvalue weighted by Crippen LogP contribution is -2.36. The number of hydrogen-bond acceptors (Lipinski definition) is 4. The zero-order valence-electron chi connectivity index (χ0n) is 11.6. The fourth-order valence-electron chi connectivity index (χ4n) is 1.73. The zero-order chi connectivity index (χ0) is 15.3. The van der Waals surface area contributed by atoms with Crippen LogP contribution in [0.3, 0.4) is 0 Å². The van der Waals surface area contributed by atoms with Gasteiger partial charge in [-0.05, 0) is 18.2 Å². The van der Waals surface area contributed by atoms with Crippen LogP contribution in [-0.4, -0.2) is 42.6 Å². The molecule has 1 rings (SSSR count). The third kappa shape index (κ3) is 3.86. The molecule has 0 heterocycles. The first-order valence-electron chi connectivity index (χ1n) is 5.97. The van der Waals surface area contributed by atoms with Crippen LogP contribution in [0.4, 0.5) is 0 Å². The molecule has 0 aliphatic rings. The SMILES string of the molecule is COc1cc(Br)ccc1C(=O)N(C)CC(C)/C(N)=N/O. The van der Waals surface area contributed by atoms with Gasteiger partial charge in [0.25, 0.3) is 5.91 Å². The molecular weight excluding hydrogens is 326 g/mol. The highest BCUT2D eigenvalue weighted by molar-refractivity contribution is 9.10. The van der Waals surface area contributed by atoms with Crippen LogP contribution in [-0.2, 0) is 0 Å². The summed E-state index contributed by atoms with van der Waals surface area (Å²) in [7, 11) is 3.17. The summed E-state index contributed by atoms with van der Waals surface area (Å²) in [4.78, 5) is 13.9. The van der Waals surface area contributed by atoms with E-state index in [1.807, 2.05) is 0 Å². The number of amides is 1. The van der Waals surface area contributed by atoms with Crippen molar-refractivity contribution in [3.8, 4) is 5.75 Å². The van der Waals surface area contributed by atoms with Crippen molar-refractivity contribution in [3.63, 3.8) is 0 Å². The Balaban J connectivity index is 2.89. The van der Waals surface area contributed by atoms with Gasteiger partial charge in [0, 0.05) is 24.0 Å². The number of nitrogens with two attached hydrogens (primary N) is 1. The molecule has 20 heavy (non-hydrogen) atoms. The van der Waals surface area contributed by atoms with Gasteiger partial charge in [-0.2, -0.15) is 0 Å². The molecule has 0 aliphatic heterocycles. The van der Waals surface area contributed by atoms with E-state index in [0.717, 1.165) is 4.47 Å². The fraction of sp³-hybridized carbons (Fsp3) is 0.385. The predicted molar refractivity (Wildman–Crippen MR) is 80.2 cm³/mol. The van der Waals surface area contributed by atoms with Crippen LogP contribution in [0, 0.1) is 5.92 Å². The van der Waals surface area contributed by atoms with E-state index in [4.69, 9.17) is 15.7 Å². The largest absolute Gasteiger partial charge is 0.496 e. The Labute approximate surface area is 126 Å². The van der Waals surface area contributed by atoms with Gasteiger partial charge in [0.15, 0.2) is 0 Å². The predicted octanol–water partition coefficient (Wildman–Crippen LogP) is 1.91. The lowest BCUT2D eigenvalue weighted by molar-refractivity contribution is 0.0782. The Morgan fingerprint density at radius 1 is 1.60 bits per heavy atom. The number of hydrogen-bond donors (Lipinski definition) is 2. The molecule has 0 radical (unpaired) electrons. The molecule has 0 saturated heterocycles. The second-order valence-corrected chi connectivity index (χ2v) is 5.37. The highest BCUT2D eigenvalue weighted by Crippen LogP contribution is 2.24. The van der Waals surface area contributed by atoms with Crippen LogP contribution < -0.4 is 10.5 Å². The Hall–Kier alpha value is -1.76. The Kier molecular flexibility index (Phi) is 5.82. The van der Waals surface area contributed by atoms with E-state index in [1.165, 1.54) is 12.0 Å². The molecule has 6 nitrogen and oxygen atoms in total. The van der Waals surface area contributed by atoms with Crippen molar-refractivity contribution < 1.29 is 14.7 Å². The van der Waals surface area contributed by atoms with Gasteiger partial charge in [-0.1, -0.05) is 28.0 Å². The molecule has 0 aromatic heterocycles. The van der Waals surface area contributed by atoms with E-state index >= 15 is 0 Å². The summed E-state index contributed by atoms with van der Waals surface area (Å²) in [6.45, 7) is 2.12. The standard InChI is InChI=1S/C13H18BrN3O3/c1-8(12(15)16-19)7-17(2)13(18)10-5-4-9(14)6-11(10)20-3/h4-6,8,19H,7H2,1-3H3,(H2,15,16). The Morgan fingerprint density at radius 3 is 2.80 bits per heavy atom. The van der Waals surface area contributed by atoms with Gasteiger partial charge in [0.2, 0.25) is 0 Å². The van der Waals surface area contributed by atoms with Crippen LogP contribution in [0.5, 0.6) is 5.75 Å². The van der Waals surface area contributed by atoms with Gasteiger partial charge in [0.05, 0.1) is 12.7 Å². The minimum Gasteiger partial charge on any atom is -0.496 e. The summed E-state index contributed by atoms with van der Waals surface area (Å²) < 4.78 is 6.04. The highest BCUT2D eigenvalue weighted by Gasteiger charge is 2.20. The highest BCUT2D eigenvalue weighted by atomic mass is 79.9. The Bertz CT molecular complexity index is 520. The number of halogens is 1. The molecule has 1 amide bonds. The molecule has 110 valence electrons. The van der Waals surface area contributed by atoms with Crippen LogP contribution >= 0.6 is 15.9 Å². The third-order valence-electron chi connectivity index (χ3n) is 2.91. The maximum atomic E-state index is 12.4. The molecule has 1 aromatic carbocycles. The Morgan fingerprint density at radius 2 is 2.25 bits per heavy atom. The first-order chi connectivity index (χ1) is 9.40. The summed E-state index contributed by atoms with van der Waals surface area (Å²) in [5, 5.41) is 11.6. The quantitative estimate of drug-likeness (QED) is 0.370. The van der Waals surface area contributed by atoms with Crippen molar-refractivity contribution >= 4 is 27.7 Å². The maximum Gasteiger partial charge on any atom is 0.257 e. The summed E-state index contributed by atoms with van der Waals surface area (Å²) >= 11 is 3.33. The van der Waals surface area contributed by atoms with Crippen molar-refractivity contribution in [1.29, 1.82) is 0 Å². The van der Waals surface area contributed by atoms with E-state index < -0.39 is 0 Å². The average molecular weight is 344 g/mol. The first-order valence-corrected chi connectivity index (χ1v) is 6.76. The molecule has 0 aliphatic carbocycles. The molecule has 7 heteroatoms. The minimum atomic E-state index is -0.240. The number of benzene rings is 1. The van der Waals surface area contributed by atoms with Crippen molar-refractivity contribution in [2.45, 2.75) is 6.92 Å². The second kappa shape index (κ2) is 7.14. The molecule has 3 N–H and O–H groups in total. The number of oxime groups is 1. The minimum absolute atomic E-state index is 0.0902. The van der Waals surface area contributed by atoms with Gasteiger partial charge < -0.3 is 20.6 Å². The molecule has 0 spiro atoms. The molecule has 0 bridgehead atoms. The van der Waals surface area contributed by atoms with E-state index in [-0.39, 0.29) is 17.7 Å². The molecule has 1 atom stereocenters. The van der Waals surface area contributed by atoms with Crippen molar-refractivity contribution in [2.24, 2.45) is 16.8 Å². The van der Waals surface area contributed by atoms with Gasteiger partial charge in [-0.15, -0.1) is 0 Å². The number of carbonyl (C=O) groups is 1. The molecular formula is C13H18BrN3O3. The van der Waals surface area contributed by atoms with E-state index in [1.54, 1.807) is 32.2 Å². The summed E-state index contributed by atoms with van der Waals surface area (Å²) in [6.07, 6.45) is 0. The number of amidine groups is 1. The van der Waals surface area contributed by atoms with Crippen LogP contribution in [0.15, 0.2) is 27.8 Å². The third-order valence-corrected chi connectivity index (χ3v) is 3.40. The van der Waals surface area contributed by atoms with E-state index in [2.05, 4.69) is 21.1 Å². The summed E-state index contributed by atoms with van der Waals surface area (Å²) in [5.41, 5.74) is 5.97. The first kappa shape index (κ1) is 16.3. The number of methoxy groups -OCH3 is 1. The number of nitrogens with zero attached hydrogens (tertiary/aromatic N) is 2. The zero-order valence-corrected chi connectivity index (χ0v) is 13.2. The van der Waals surface area contributed by atoms with Crippen LogP contribution in [0.2, 0.25) is 0 Å². The van der Waals surface area contributed by atoms with Gasteiger partial charge in [-0.3, -0.25) is 4.79 Å². The summed E-state index contributed by atoms with van der Waals surface area (Å²) in [6, 6.07) is 5.19. The number of carbonyl (C=O) groups excluding carboxylic acids is 1. The van der Waals surface area contributed by atoms with Crippen molar-refractivity contribution in [1.82, 2.24) is 4.90 Å². The monoisotopic (exact) mass is 343 g/mol. The van der Waals surface area contributed by atoms with Gasteiger partial charge in [-0.25, -0.2) is 0 Å². The van der Waals surface area contributed by atoms with Crippen molar-refractivity contribution in [2.75, 3.05) is 20.7 Å². The fourth-order valence-corrected chi connectivity index (χ4v) is 2.07. The number of rotatable bonds is 5. The lowest BCUT2D eigenvalue weighted by atomic mass is 10.1. The topological polar surface area (TPSA) is 88.2 Å². The summed E-state index contributed by atoms with van der Waals surface area (Å²) in [5.74, 6) is 0.155. The number of ether oxygens (including phenoxy) is 1. The normalized spacial score (nSPS) is 12.9. The maximum absolute atomic E-state index is 12.4.